The number of thioether (sulfide) groups is 1. The predicted octanol–water partition coefficient (Wildman–Crippen LogP) is 4.55. The second-order valence-electron chi connectivity index (χ2n) is 7.04. The van der Waals surface area contributed by atoms with Gasteiger partial charge in [-0.15, -0.1) is 0 Å². The highest BCUT2D eigenvalue weighted by atomic mass is 32.2. The SMILES string of the molecule is CC(CCCSC(C)(C)C)N(C)C(=O)OC(C)(C)C. The molecule has 0 spiro atoms. The standard InChI is InChI=1S/C15H31NO2S/c1-12(10-9-11-19-15(5,6)7)16(8)13(17)18-14(2,3)4/h12H,9-11H2,1-8H3. The first-order chi connectivity index (χ1) is 8.42. The summed E-state index contributed by atoms with van der Waals surface area (Å²) in [5.41, 5.74) is -0.423. The van der Waals surface area contributed by atoms with E-state index in [0.29, 0.717) is 4.75 Å². The van der Waals surface area contributed by atoms with Crippen molar-refractivity contribution in [2.24, 2.45) is 0 Å². The molecule has 0 aromatic carbocycles. The molecule has 0 bridgehead atoms. The van der Waals surface area contributed by atoms with Gasteiger partial charge in [0.25, 0.3) is 0 Å². The van der Waals surface area contributed by atoms with Crippen LogP contribution in [0.15, 0.2) is 0 Å². The van der Waals surface area contributed by atoms with Crippen molar-refractivity contribution in [1.82, 2.24) is 4.90 Å². The van der Waals surface area contributed by atoms with Gasteiger partial charge < -0.3 is 9.64 Å². The summed E-state index contributed by atoms with van der Waals surface area (Å²) in [6.45, 7) is 14.4. The lowest BCUT2D eigenvalue weighted by Gasteiger charge is -2.29. The largest absolute Gasteiger partial charge is 0.444 e. The Morgan fingerprint density at radius 3 is 2.16 bits per heavy atom. The summed E-state index contributed by atoms with van der Waals surface area (Å²) in [7, 11) is 1.82. The van der Waals surface area contributed by atoms with Crippen LogP contribution >= 0.6 is 11.8 Å². The summed E-state index contributed by atoms with van der Waals surface area (Å²) in [5.74, 6) is 1.13. The van der Waals surface area contributed by atoms with E-state index < -0.39 is 5.60 Å². The molecular weight excluding hydrogens is 258 g/mol. The van der Waals surface area contributed by atoms with Gasteiger partial charge in [0.1, 0.15) is 5.60 Å². The lowest BCUT2D eigenvalue weighted by Crippen LogP contribution is -2.39. The van der Waals surface area contributed by atoms with Gasteiger partial charge in [0.05, 0.1) is 0 Å². The Morgan fingerprint density at radius 2 is 1.74 bits per heavy atom. The Balaban J connectivity index is 4.00. The van der Waals surface area contributed by atoms with Crippen molar-refractivity contribution >= 4 is 17.9 Å². The molecule has 0 aromatic heterocycles. The van der Waals surface area contributed by atoms with Crippen LogP contribution in [0.1, 0.15) is 61.3 Å². The van der Waals surface area contributed by atoms with Crippen molar-refractivity contribution in [3.63, 3.8) is 0 Å². The second kappa shape index (κ2) is 7.41. The second-order valence-corrected chi connectivity index (χ2v) is 8.96. The molecule has 0 fully saturated rings. The zero-order valence-corrected chi connectivity index (χ0v) is 14.7. The fourth-order valence-corrected chi connectivity index (χ4v) is 2.39. The zero-order chi connectivity index (χ0) is 15.3. The zero-order valence-electron chi connectivity index (χ0n) is 13.9. The van der Waals surface area contributed by atoms with Crippen molar-refractivity contribution < 1.29 is 9.53 Å². The summed E-state index contributed by atoms with van der Waals surface area (Å²) in [5, 5.41) is 0. The molecule has 0 aromatic rings. The first-order valence-electron chi connectivity index (χ1n) is 7.02. The molecule has 0 aliphatic rings. The minimum Gasteiger partial charge on any atom is -0.444 e. The Bertz CT molecular complexity index is 279. The maximum absolute atomic E-state index is 11.9. The highest BCUT2D eigenvalue weighted by Gasteiger charge is 2.22. The molecule has 0 aliphatic carbocycles. The minimum atomic E-state index is -0.423. The van der Waals surface area contributed by atoms with E-state index >= 15 is 0 Å². The molecule has 0 heterocycles. The van der Waals surface area contributed by atoms with E-state index in [4.69, 9.17) is 4.74 Å². The Kier molecular flexibility index (Phi) is 7.27. The Morgan fingerprint density at radius 1 is 1.21 bits per heavy atom. The smallest absolute Gasteiger partial charge is 0.410 e. The molecule has 3 nitrogen and oxygen atoms in total. The number of carbonyl (C=O) groups is 1. The van der Waals surface area contributed by atoms with Gasteiger partial charge >= 0.3 is 6.09 Å². The first kappa shape index (κ1) is 18.6. The van der Waals surface area contributed by atoms with Gasteiger partial charge in [0.2, 0.25) is 0 Å². The fourth-order valence-electron chi connectivity index (χ4n) is 1.46. The van der Waals surface area contributed by atoms with E-state index in [1.165, 1.54) is 0 Å². The highest BCUT2D eigenvalue weighted by Crippen LogP contribution is 2.24. The normalized spacial score (nSPS) is 14.1. The molecule has 0 aliphatic heterocycles. The van der Waals surface area contributed by atoms with Gasteiger partial charge in [-0.3, -0.25) is 0 Å². The van der Waals surface area contributed by atoms with E-state index in [9.17, 15) is 4.79 Å². The summed E-state index contributed by atoms with van der Waals surface area (Å²) < 4.78 is 5.68. The molecule has 1 unspecified atom stereocenters. The van der Waals surface area contributed by atoms with Crippen LogP contribution in [0.4, 0.5) is 4.79 Å². The number of rotatable bonds is 5. The molecular formula is C15H31NO2S. The molecule has 0 radical (unpaired) electrons. The number of ether oxygens (including phenoxy) is 1. The van der Waals surface area contributed by atoms with Crippen LogP contribution < -0.4 is 0 Å². The number of hydrogen-bond donors (Lipinski definition) is 0. The average molecular weight is 289 g/mol. The van der Waals surface area contributed by atoms with Crippen LogP contribution in [-0.4, -0.2) is 40.2 Å². The van der Waals surface area contributed by atoms with Crippen LogP contribution in [0.2, 0.25) is 0 Å². The Hall–Kier alpha value is -0.380. The number of amides is 1. The van der Waals surface area contributed by atoms with Gasteiger partial charge in [-0.1, -0.05) is 20.8 Å². The van der Waals surface area contributed by atoms with Gasteiger partial charge in [0, 0.05) is 17.8 Å². The molecule has 1 amide bonds. The third-order valence-corrected chi connectivity index (χ3v) is 4.00. The number of nitrogens with zero attached hydrogens (tertiary/aromatic N) is 1. The van der Waals surface area contributed by atoms with Gasteiger partial charge in [-0.2, -0.15) is 11.8 Å². The minimum absolute atomic E-state index is 0.218. The van der Waals surface area contributed by atoms with E-state index in [-0.39, 0.29) is 12.1 Å². The third kappa shape index (κ3) is 10.1. The summed E-state index contributed by atoms with van der Waals surface area (Å²) in [6, 6.07) is 0.218. The van der Waals surface area contributed by atoms with Crippen LogP contribution in [0, 0.1) is 0 Å². The van der Waals surface area contributed by atoms with E-state index in [1.54, 1.807) is 4.90 Å². The van der Waals surface area contributed by atoms with Crippen molar-refractivity contribution in [2.45, 2.75) is 77.7 Å². The van der Waals surface area contributed by atoms with Gasteiger partial charge in [-0.25, -0.2) is 4.79 Å². The maximum atomic E-state index is 11.9. The lowest BCUT2D eigenvalue weighted by atomic mass is 10.2. The molecule has 0 N–H and O–H groups in total. The summed E-state index contributed by atoms with van der Waals surface area (Å²) in [6.07, 6.45) is 1.90. The van der Waals surface area contributed by atoms with Gasteiger partial charge in [-0.05, 0) is 46.3 Å². The Labute approximate surface area is 123 Å². The molecule has 4 heteroatoms. The number of hydrogen-bond acceptors (Lipinski definition) is 3. The maximum Gasteiger partial charge on any atom is 0.410 e. The third-order valence-electron chi connectivity index (χ3n) is 2.64. The van der Waals surface area contributed by atoms with Gasteiger partial charge in [0.15, 0.2) is 0 Å². The van der Waals surface area contributed by atoms with Crippen molar-refractivity contribution in [2.75, 3.05) is 12.8 Å². The van der Waals surface area contributed by atoms with Crippen LogP contribution in [-0.2, 0) is 4.74 Å². The van der Waals surface area contributed by atoms with E-state index in [0.717, 1.165) is 18.6 Å². The van der Waals surface area contributed by atoms with Crippen LogP contribution in [0.25, 0.3) is 0 Å². The van der Waals surface area contributed by atoms with Crippen molar-refractivity contribution in [3.8, 4) is 0 Å². The van der Waals surface area contributed by atoms with Crippen molar-refractivity contribution in [3.05, 3.63) is 0 Å². The monoisotopic (exact) mass is 289 g/mol. The van der Waals surface area contributed by atoms with E-state index in [1.807, 2.05) is 39.6 Å². The number of carbonyl (C=O) groups excluding carboxylic acids is 1. The van der Waals surface area contributed by atoms with Crippen LogP contribution in [0.3, 0.4) is 0 Å². The van der Waals surface area contributed by atoms with Crippen LogP contribution in [0.5, 0.6) is 0 Å². The average Bonchev–Trinajstić information content (AvgIpc) is 2.19. The molecule has 0 saturated heterocycles. The highest BCUT2D eigenvalue weighted by molar-refractivity contribution is 8.00. The molecule has 114 valence electrons. The molecule has 0 saturated carbocycles. The van der Waals surface area contributed by atoms with Crippen molar-refractivity contribution in [1.29, 1.82) is 0 Å². The quantitative estimate of drug-likeness (QED) is 0.695. The molecule has 0 rings (SSSR count). The van der Waals surface area contributed by atoms with E-state index in [2.05, 4.69) is 27.7 Å². The molecule has 1 atom stereocenters. The predicted molar refractivity (Wildman–Crippen MR) is 84.9 cm³/mol. The topological polar surface area (TPSA) is 29.5 Å². The lowest BCUT2D eigenvalue weighted by molar-refractivity contribution is 0.0229. The molecule has 19 heavy (non-hydrogen) atoms. The summed E-state index contributed by atoms with van der Waals surface area (Å²) in [4.78, 5) is 13.6. The fraction of sp³-hybridized carbons (Fsp3) is 0.933. The summed E-state index contributed by atoms with van der Waals surface area (Å²) >= 11 is 1.97. The first-order valence-corrected chi connectivity index (χ1v) is 8.01.